The van der Waals surface area contributed by atoms with Crippen molar-refractivity contribution in [2.75, 3.05) is 17.9 Å². The number of allylic oxidation sites excluding steroid dienone is 1. The van der Waals surface area contributed by atoms with Gasteiger partial charge in [0.25, 0.3) is 15.9 Å². The first kappa shape index (κ1) is 21.4. The van der Waals surface area contributed by atoms with Crippen molar-refractivity contribution < 1.29 is 13.2 Å². The Hall–Kier alpha value is -2.31. The summed E-state index contributed by atoms with van der Waals surface area (Å²) in [5, 5.41) is 3.41. The maximum atomic E-state index is 12.8. The van der Waals surface area contributed by atoms with Crippen LogP contribution in [0.3, 0.4) is 0 Å². The van der Waals surface area contributed by atoms with Crippen LogP contribution in [0.2, 0.25) is 5.02 Å². The summed E-state index contributed by atoms with van der Waals surface area (Å²) < 4.78 is 26.7. The molecule has 1 N–H and O–H groups in total. The molecule has 1 aliphatic carbocycles. The van der Waals surface area contributed by atoms with E-state index in [1.165, 1.54) is 41.9 Å². The lowest BCUT2D eigenvalue weighted by Crippen LogP contribution is -2.27. The molecule has 0 saturated heterocycles. The second-order valence-electron chi connectivity index (χ2n) is 7.09. The van der Waals surface area contributed by atoms with E-state index in [1.807, 2.05) is 0 Å². The number of carbonyl (C=O) groups excluding carboxylic acids is 1. The summed E-state index contributed by atoms with van der Waals surface area (Å²) in [6.07, 6.45) is 7.90. The van der Waals surface area contributed by atoms with Crippen molar-refractivity contribution in [2.24, 2.45) is 0 Å². The molecule has 0 bridgehead atoms. The molecule has 0 heterocycles. The second kappa shape index (κ2) is 9.46. The van der Waals surface area contributed by atoms with Gasteiger partial charge in [0.15, 0.2) is 0 Å². The van der Waals surface area contributed by atoms with Gasteiger partial charge in [0.1, 0.15) is 0 Å². The van der Waals surface area contributed by atoms with Crippen LogP contribution in [0, 0.1) is 0 Å². The topological polar surface area (TPSA) is 66.5 Å². The lowest BCUT2D eigenvalue weighted by Gasteiger charge is -2.20. The fourth-order valence-electron chi connectivity index (χ4n) is 3.30. The van der Waals surface area contributed by atoms with Gasteiger partial charge >= 0.3 is 0 Å². The van der Waals surface area contributed by atoms with E-state index < -0.39 is 10.0 Å². The molecule has 154 valence electrons. The van der Waals surface area contributed by atoms with Gasteiger partial charge in [0, 0.05) is 24.2 Å². The van der Waals surface area contributed by atoms with Gasteiger partial charge in [-0.15, -0.1) is 0 Å². The van der Waals surface area contributed by atoms with Crippen LogP contribution < -0.4 is 9.62 Å². The van der Waals surface area contributed by atoms with Crippen LogP contribution in [-0.4, -0.2) is 27.9 Å². The van der Waals surface area contributed by atoms with Gasteiger partial charge in [-0.05, 0) is 80.6 Å². The Bertz CT molecular complexity index is 984. The molecule has 2 aromatic carbocycles. The number of anilines is 1. The van der Waals surface area contributed by atoms with E-state index in [0.717, 1.165) is 19.3 Å². The molecule has 0 aliphatic heterocycles. The minimum atomic E-state index is -3.70. The highest BCUT2D eigenvalue weighted by Gasteiger charge is 2.21. The molecule has 7 heteroatoms. The van der Waals surface area contributed by atoms with Crippen molar-refractivity contribution in [2.45, 2.75) is 37.0 Å². The molecule has 0 atom stereocenters. The van der Waals surface area contributed by atoms with Crippen LogP contribution in [0.15, 0.2) is 65.1 Å². The van der Waals surface area contributed by atoms with Gasteiger partial charge < -0.3 is 5.32 Å². The average Bonchev–Trinajstić information content (AvgIpc) is 2.74. The fraction of sp³-hybridized carbons (Fsp3) is 0.318. The van der Waals surface area contributed by atoms with Crippen LogP contribution >= 0.6 is 11.6 Å². The highest BCUT2D eigenvalue weighted by Crippen LogP contribution is 2.24. The number of rotatable bonds is 7. The number of hydrogen-bond donors (Lipinski definition) is 1. The molecule has 0 fully saturated rings. The minimum Gasteiger partial charge on any atom is -0.352 e. The van der Waals surface area contributed by atoms with Crippen LogP contribution in [-0.2, 0) is 10.0 Å². The van der Waals surface area contributed by atoms with Gasteiger partial charge in [-0.1, -0.05) is 23.3 Å². The molecule has 0 radical (unpaired) electrons. The Labute approximate surface area is 177 Å². The number of amides is 1. The van der Waals surface area contributed by atoms with Gasteiger partial charge in [0.2, 0.25) is 0 Å². The largest absolute Gasteiger partial charge is 0.352 e. The molecule has 0 unspecified atom stereocenters. The van der Waals surface area contributed by atoms with Crippen molar-refractivity contribution in [3.8, 4) is 0 Å². The summed E-state index contributed by atoms with van der Waals surface area (Å²) in [5.74, 6) is -0.156. The smallest absolute Gasteiger partial charge is 0.264 e. The normalized spacial score (nSPS) is 14.2. The molecule has 2 aromatic rings. The van der Waals surface area contributed by atoms with Gasteiger partial charge in [-0.2, -0.15) is 0 Å². The predicted octanol–water partition coefficient (Wildman–Crippen LogP) is 4.79. The predicted molar refractivity (Wildman–Crippen MR) is 117 cm³/mol. The number of carbonyl (C=O) groups is 1. The van der Waals surface area contributed by atoms with E-state index in [4.69, 9.17) is 11.6 Å². The maximum absolute atomic E-state index is 12.8. The quantitative estimate of drug-likeness (QED) is 0.640. The second-order valence-corrected chi connectivity index (χ2v) is 9.49. The molecular formula is C22H25ClN2O3S. The van der Waals surface area contributed by atoms with E-state index in [1.54, 1.807) is 36.4 Å². The molecule has 3 rings (SSSR count). The molecule has 5 nitrogen and oxygen atoms in total. The summed E-state index contributed by atoms with van der Waals surface area (Å²) in [7, 11) is -2.22. The first-order valence-corrected chi connectivity index (χ1v) is 11.5. The maximum Gasteiger partial charge on any atom is 0.264 e. The van der Waals surface area contributed by atoms with E-state index in [0.29, 0.717) is 22.8 Å². The first-order valence-electron chi connectivity index (χ1n) is 9.68. The van der Waals surface area contributed by atoms with Crippen LogP contribution in [0.5, 0.6) is 0 Å². The highest BCUT2D eigenvalue weighted by molar-refractivity contribution is 7.92. The highest BCUT2D eigenvalue weighted by atomic mass is 35.5. The monoisotopic (exact) mass is 432 g/mol. The molecule has 0 spiro atoms. The zero-order chi connectivity index (χ0) is 20.9. The summed E-state index contributed by atoms with van der Waals surface area (Å²) in [6.45, 7) is 0.608. The first-order chi connectivity index (χ1) is 13.9. The zero-order valence-electron chi connectivity index (χ0n) is 16.4. The number of halogens is 1. The summed E-state index contributed by atoms with van der Waals surface area (Å²) in [6, 6.07) is 12.6. The van der Waals surface area contributed by atoms with Crippen LogP contribution in [0.4, 0.5) is 5.69 Å². The number of sulfonamides is 1. The van der Waals surface area contributed by atoms with Crippen LogP contribution in [0.1, 0.15) is 42.5 Å². The van der Waals surface area contributed by atoms with E-state index in [-0.39, 0.29) is 10.8 Å². The Kier molecular flexibility index (Phi) is 6.98. The molecule has 0 aromatic heterocycles. The number of benzene rings is 2. The number of hydrogen-bond acceptors (Lipinski definition) is 3. The molecule has 29 heavy (non-hydrogen) atoms. The van der Waals surface area contributed by atoms with E-state index in [9.17, 15) is 13.2 Å². The van der Waals surface area contributed by atoms with E-state index >= 15 is 0 Å². The fourth-order valence-corrected chi connectivity index (χ4v) is 4.62. The minimum absolute atomic E-state index is 0.156. The summed E-state index contributed by atoms with van der Waals surface area (Å²) in [5.41, 5.74) is 2.40. The summed E-state index contributed by atoms with van der Waals surface area (Å²) in [4.78, 5) is 12.5. The standard InChI is InChI=1S/C22H25ClN2O3S/c1-25(29(27,28)21-13-9-19(23)10-14-21)20-11-7-18(8-12-20)22(26)24-16-15-17-5-3-2-4-6-17/h5,7-14H,2-4,6,15-16H2,1H3,(H,24,26). The van der Waals surface area contributed by atoms with Crippen molar-refractivity contribution in [1.29, 1.82) is 0 Å². The lowest BCUT2D eigenvalue weighted by atomic mass is 9.97. The Morgan fingerprint density at radius 2 is 1.76 bits per heavy atom. The van der Waals surface area contributed by atoms with Gasteiger partial charge in [-0.25, -0.2) is 8.42 Å². The third-order valence-electron chi connectivity index (χ3n) is 5.08. The third kappa shape index (κ3) is 5.40. The van der Waals surface area contributed by atoms with Gasteiger partial charge in [-0.3, -0.25) is 9.10 Å². The number of nitrogens with zero attached hydrogens (tertiary/aromatic N) is 1. The van der Waals surface area contributed by atoms with Gasteiger partial charge in [0.05, 0.1) is 10.6 Å². The molecule has 0 saturated carbocycles. The Balaban J connectivity index is 1.62. The van der Waals surface area contributed by atoms with Crippen molar-refractivity contribution in [3.63, 3.8) is 0 Å². The summed E-state index contributed by atoms with van der Waals surface area (Å²) >= 11 is 5.84. The van der Waals surface area contributed by atoms with E-state index in [2.05, 4.69) is 11.4 Å². The third-order valence-corrected chi connectivity index (χ3v) is 7.13. The molecule has 1 amide bonds. The Morgan fingerprint density at radius 3 is 2.38 bits per heavy atom. The van der Waals surface area contributed by atoms with Crippen molar-refractivity contribution >= 4 is 33.2 Å². The molecule has 1 aliphatic rings. The Morgan fingerprint density at radius 1 is 1.07 bits per heavy atom. The SMILES string of the molecule is CN(c1ccc(C(=O)NCCC2=CCCCC2)cc1)S(=O)(=O)c1ccc(Cl)cc1. The van der Waals surface area contributed by atoms with Crippen molar-refractivity contribution in [3.05, 3.63) is 70.8 Å². The lowest BCUT2D eigenvalue weighted by molar-refractivity contribution is 0.0954. The van der Waals surface area contributed by atoms with Crippen molar-refractivity contribution in [1.82, 2.24) is 5.32 Å². The number of nitrogens with one attached hydrogen (secondary N) is 1. The van der Waals surface area contributed by atoms with Crippen LogP contribution in [0.25, 0.3) is 0 Å². The zero-order valence-corrected chi connectivity index (χ0v) is 18.0. The average molecular weight is 433 g/mol. The molecular weight excluding hydrogens is 408 g/mol.